The van der Waals surface area contributed by atoms with Gasteiger partial charge in [-0.3, -0.25) is 0 Å². The van der Waals surface area contributed by atoms with Crippen LogP contribution in [0.15, 0.2) is 52.3 Å². The van der Waals surface area contributed by atoms with Gasteiger partial charge in [-0.05, 0) is 48.0 Å². The molecule has 0 spiro atoms. The number of benzene rings is 2. The fraction of sp³-hybridized carbons (Fsp3) is 0.118. The summed E-state index contributed by atoms with van der Waals surface area (Å²) in [6.45, 7) is 0. The van der Waals surface area contributed by atoms with E-state index in [2.05, 4.69) is 0 Å². The average Bonchev–Trinajstić information content (AvgIpc) is 2.59. The minimum atomic E-state index is -3.93. The maximum absolute atomic E-state index is 12.6. The molecule has 0 fully saturated rings. The Morgan fingerprint density at radius 2 is 1.71 bits per heavy atom. The predicted octanol–water partition coefficient (Wildman–Crippen LogP) is 3.70. The first-order valence-electron chi connectivity index (χ1n) is 6.77. The fourth-order valence-electron chi connectivity index (χ4n) is 2.00. The smallest absolute Gasteiger partial charge is 0.216 e. The van der Waals surface area contributed by atoms with Gasteiger partial charge in [-0.1, -0.05) is 17.7 Å². The second-order valence-electron chi connectivity index (χ2n) is 4.69. The molecule has 0 aromatic heterocycles. The summed E-state index contributed by atoms with van der Waals surface area (Å²) >= 11 is 5.77. The third-order valence-corrected chi connectivity index (χ3v) is 5.16. The maximum Gasteiger partial charge on any atom is 0.216 e. The largest absolute Gasteiger partial charge is 0.493 e. The van der Waals surface area contributed by atoms with Crippen molar-refractivity contribution in [2.75, 3.05) is 14.2 Å². The first-order chi connectivity index (χ1) is 11.4. The number of rotatable bonds is 5. The van der Waals surface area contributed by atoms with Crippen molar-refractivity contribution in [3.05, 3.63) is 58.0 Å². The molecule has 0 aliphatic rings. The quantitative estimate of drug-likeness (QED) is 0.757. The van der Waals surface area contributed by atoms with Crippen molar-refractivity contribution in [3.63, 3.8) is 0 Å². The number of allylic oxidation sites excluding steroid dienone is 1. The zero-order valence-corrected chi connectivity index (χ0v) is 14.6. The second-order valence-corrected chi connectivity index (χ2v) is 7.05. The molecule has 24 heavy (non-hydrogen) atoms. The minimum Gasteiger partial charge on any atom is -0.493 e. The third-order valence-electron chi connectivity index (χ3n) is 3.23. The molecule has 0 unspecified atom stereocenters. The number of methoxy groups -OCH3 is 2. The van der Waals surface area contributed by atoms with Gasteiger partial charge in [0.15, 0.2) is 11.5 Å². The van der Waals surface area contributed by atoms with Gasteiger partial charge in [-0.15, -0.1) is 0 Å². The Kier molecular flexibility index (Phi) is 5.50. The number of ether oxygens (including phenoxy) is 2. The summed E-state index contributed by atoms with van der Waals surface area (Å²) in [4.78, 5) is -0.378. The Morgan fingerprint density at radius 3 is 2.25 bits per heavy atom. The molecule has 0 amide bonds. The van der Waals surface area contributed by atoms with Gasteiger partial charge in [0.1, 0.15) is 11.0 Å². The second kappa shape index (κ2) is 7.39. The third kappa shape index (κ3) is 3.70. The van der Waals surface area contributed by atoms with Crippen molar-refractivity contribution in [2.45, 2.75) is 4.90 Å². The molecule has 0 atom stereocenters. The molecule has 7 heteroatoms. The van der Waals surface area contributed by atoms with Crippen LogP contribution in [-0.2, 0) is 9.84 Å². The van der Waals surface area contributed by atoms with Gasteiger partial charge in [0.25, 0.3) is 0 Å². The van der Waals surface area contributed by atoms with Crippen molar-refractivity contribution >= 4 is 27.5 Å². The van der Waals surface area contributed by atoms with E-state index < -0.39 is 9.84 Å². The molecule has 0 aliphatic carbocycles. The fourth-order valence-corrected chi connectivity index (χ4v) is 3.29. The average molecular weight is 364 g/mol. The van der Waals surface area contributed by atoms with Crippen molar-refractivity contribution in [2.24, 2.45) is 0 Å². The maximum atomic E-state index is 12.6. The highest BCUT2D eigenvalue weighted by atomic mass is 35.5. The molecular formula is C17H14ClNO4S. The molecule has 2 aromatic rings. The monoisotopic (exact) mass is 363 g/mol. The highest BCUT2D eigenvalue weighted by Crippen LogP contribution is 2.29. The molecule has 124 valence electrons. The summed E-state index contributed by atoms with van der Waals surface area (Å²) in [6, 6.07) is 12.2. The van der Waals surface area contributed by atoms with Gasteiger partial charge in [0, 0.05) is 5.02 Å². The number of hydrogen-bond donors (Lipinski definition) is 0. The van der Waals surface area contributed by atoms with E-state index in [1.807, 2.05) is 0 Å². The summed E-state index contributed by atoms with van der Waals surface area (Å²) in [5.74, 6) is 0.946. The van der Waals surface area contributed by atoms with Crippen molar-refractivity contribution < 1.29 is 17.9 Å². The zero-order chi connectivity index (χ0) is 17.7. The lowest BCUT2D eigenvalue weighted by atomic mass is 10.2. The molecule has 2 aromatic carbocycles. The van der Waals surface area contributed by atoms with Gasteiger partial charge in [0.2, 0.25) is 9.84 Å². The predicted molar refractivity (Wildman–Crippen MR) is 91.8 cm³/mol. The SMILES string of the molecule is COc1ccc(/C=C(/C#N)S(=O)(=O)c2ccc(Cl)cc2)cc1OC. The van der Waals surface area contributed by atoms with E-state index in [0.717, 1.165) is 0 Å². The van der Waals surface area contributed by atoms with Crippen LogP contribution in [0, 0.1) is 11.3 Å². The van der Waals surface area contributed by atoms with Crippen LogP contribution in [0.4, 0.5) is 0 Å². The summed E-state index contributed by atoms with van der Waals surface area (Å²) in [7, 11) is -0.960. The van der Waals surface area contributed by atoms with E-state index >= 15 is 0 Å². The van der Waals surface area contributed by atoms with Gasteiger partial charge in [-0.25, -0.2) is 8.42 Å². The first-order valence-corrected chi connectivity index (χ1v) is 8.63. The Balaban J connectivity index is 2.49. The van der Waals surface area contributed by atoms with Gasteiger partial charge < -0.3 is 9.47 Å². The van der Waals surface area contributed by atoms with E-state index in [0.29, 0.717) is 22.1 Å². The van der Waals surface area contributed by atoms with Crippen LogP contribution in [-0.4, -0.2) is 22.6 Å². The normalized spacial score (nSPS) is 11.7. The lowest BCUT2D eigenvalue weighted by Crippen LogP contribution is -2.03. The van der Waals surface area contributed by atoms with Crippen LogP contribution in [0.5, 0.6) is 11.5 Å². The molecule has 0 saturated heterocycles. The van der Waals surface area contributed by atoms with Crippen LogP contribution in [0.3, 0.4) is 0 Å². The summed E-state index contributed by atoms with van der Waals surface area (Å²) < 4.78 is 35.4. The highest BCUT2D eigenvalue weighted by molar-refractivity contribution is 7.95. The summed E-state index contributed by atoms with van der Waals surface area (Å²) in [5, 5.41) is 9.70. The van der Waals surface area contributed by atoms with Crippen LogP contribution in [0.1, 0.15) is 5.56 Å². The lowest BCUT2D eigenvalue weighted by Gasteiger charge is -2.08. The van der Waals surface area contributed by atoms with Crippen LogP contribution in [0.2, 0.25) is 5.02 Å². The van der Waals surface area contributed by atoms with E-state index in [-0.39, 0.29) is 9.80 Å². The van der Waals surface area contributed by atoms with Crippen LogP contribution >= 0.6 is 11.6 Å². The molecule has 0 bridgehead atoms. The standard InChI is InChI=1S/C17H14ClNO4S/c1-22-16-8-3-12(10-17(16)23-2)9-15(11-19)24(20,21)14-6-4-13(18)5-7-14/h3-10H,1-2H3/b15-9-. The minimum absolute atomic E-state index is 0.000164. The Labute approximate surface area is 145 Å². The van der Waals surface area contributed by atoms with E-state index in [4.69, 9.17) is 21.1 Å². The Morgan fingerprint density at radius 1 is 1.08 bits per heavy atom. The van der Waals surface area contributed by atoms with E-state index in [1.165, 1.54) is 44.6 Å². The summed E-state index contributed by atoms with van der Waals surface area (Å²) in [6.07, 6.45) is 1.28. The van der Waals surface area contributed by atoms with Crippen LogP contribution in [0.25, 0.3) is 6.08 Å². The zero-order valence-electron chi connectivity index (χ0n) is 13.0. The van der Waals surface area contributed by atoms with E-state index in [1.54, 1.807) is 24.3 Å². The Bertz CT molecular complexity index is 913. The number of sulfone groups is 1. The van der Waals surface area contributed by atoms with Gasteiger partial charge in [-0.2, -0.15) is 5.26 Å². The summed E-state index contributed by atoms with van der Waals surface area (Å²) in [5.41, 5.74) is 0.502. The van der Waals surface area contributed by atoms with Gasteiger partial charge >= 0.3 is 0 Å². The number of nitrogens with zero attached hydrogens (tertiary/aromatic N) is 1. The van der Waals surface area contributed by atoms with Crippen molar-refractivity contribution in [3.8, 4) is 17.6 Å². The number of nitriles is 1. The molecule has 0 radical (unpaired) electrons. The molecule has 0 aliphatic heterocycles. The molecule has 0 N–H and O–H groups in total. The van der Waals surface area contributed by atoms with Crippen molar-refractivity contribution in [1.82, 2.24) is 0 Å². The number of halogens is 1. The van der Waals surface area contributed by atoms with Gasteiger partial charge in [0.05, 0.1) is 19.1 Å². The highest BCUT2D eigenvalue weighted by Gasteiger charge is 2.21. The topological polar surface area (TPSA) is 76.4 Å². The lowest BCUT2D eigenvalue weighted by molar-refractivity contribution is 0.355. The Hall–Kier alpha value is -2.49. The molecule has 2 rings (SSSR count). The molecule has 5 nitrogen and oxygen atoms in total. The van der Waals surface area contributed by atoms with Crippen molar-refractivity contribution in [1.29, 1.82) is 5.26 Å². The van der Waals surface area contributed by atoms with Crippen LogP contribution < -0.4 is 9.47 Å². The van der Waals surface area contributed by atoms with E-state index in [9.17, 15) is 13.7 Å². The molecule has 0 heterocycles. The molecular weight excluding hydrogens is 350 g/mol. The molecule has 0 saturated carbocycles. The first kappa shape index (κ1) is 17.9. The number of hydrogen-bond acceptors (Lipinski definition) is 5.